The van der Waals surface area contributed by atoms with Gasteiger partial charge in [0, 0.05) is 12.6 Å². The molecule has 1 rings (SSSR count). The summed E-state index contributed by atoms with van der Waals surface area (Å²) in [6.07, 6.45) is 3.73. The second-order valence-corrected chi connectivity index (χ2v) is 5.88. The number of benzene rings is 1. The highest BCUT2D eigenvalue weighted by atomic mass is 16.3. The normalized spacial score (nSPS) is 13.9. The third kappa shape index (κ3) is 6.73. The Morgan fingerprint density at radius 2 is 2.05 bits per heavy atom. The van der Waals surface area contributed by atoms with Gasteiger partial charge in [0.2, 0.25) is 5.91 Å². The highest BCUT2D eigenvalue weighted by Crippen LogP contribution is 2.15. The predicted octanol–water partition coefficient (Wildman–Crippen LogP) is 2.48. The first-order valence-corrected chi connectivity index (χ1v) is 7.01. The average molecular weight is 286 g/mol. The number of nitriles is 1. The Balaban J connectivity index is 2.49. The Bertz CT molecular complexity index is 537. The van der Waals surface area contributed by atoms with Crippen LogP contribution in [0.4, 0.5) is 0 Å². The fraction of sp³-hybridized carbons (Fsp3) is 0.412. The van der Waals surface area contributed by atoms with Crippen molar-refractivity contribution in [2.75, 3.05) is 6.54 Å². The molecule has 1 amide bonds. The molecule has 0 aliphatic rings. The molecule has 1 unspecified atom stereocenters. The van der Waals surface area contributed by atoms with Gasteiger partial charge in [-0.15, -0.1) is 0 Å². The van der Waals surface area contributed by atoms with Crippen LogP contribution < -0.4 is 5.32 Å². The van der Waals surface area contributed by atoms with Gasteiger partial charge in [-0.2, -0.15) is 5.26 Å². The summed E-state index contributed by atoms with van der Waals surface area (Å²) in [7, 11) is 0. The second-order valence-electron chi connectivity index (χ2n) is 5.88. The van der Waals surface area contributed by atoms with Gasteiger partial charge in [0.25, 0.3) is 0 Å². The molecule has 0 spiro atoms. The molecule has 1 atom stereocenters. The van der Waals surface area contributed by atoms with Crippen LogP contribution in [0.1, 0.15) is 38.3 Å². The molecule has 1 aromatic rings. The summed E-state index contributed by atoms with van der Waals surface area (Å²) in [6.45, 7) is 6.00. The van der Waals surface area contributed by atoms with Gasteiger partial charge in [-0.05, 0) is 43.0 Å². The van der Waals surface area contributed by atoms with E-state index in [-0.39, 0.29) is 12.5 Å². The van der Waals surface area contributed by atoms with Crippen molar-refractivity contribution in [3.05, 3.63) is 41.5 Å². The zero-order valence-electron chi connectivity index (χ0n) is 12.8. The summed E-state index contributed by atoms with van der Waals surface area (Å²) < 4.78 is 0. The molecule has 0 aliphatic heterocycles. The van der Waals surface area contributed by atoms with Crippen LogP contribution in [-0.4, -0.2) is 23.2 Å². The van der Waals surface area contributed by atoms with Crippen molar-refractivity contribution in [3.63, 3.8) is 0 Å². The SMILES string of the molecule is CC(C)CC(C)(O)CNC(=O)C=Cc1ccc(C#N)cc1. The fourth-order valence-corrected chi connectivity index (χ4v) is 2.13. The van der Waals surface area contributed by atoms with E-state index in [1.165, 1.54) is 6.08 Å². The van der Waals surface area contributed by atoms with E-state index in [1.54, 1.807) is 37.3 Å². The molecule has 0 aromatic heterocycles. The van der Waals surface area contributed by atoms with Crippen molar-refractivity contribution in [1.29, 1.82) is 5.26 Å². The summed E-state index contributed by atoms with van der Waals surface area (Å²) in [4.78, 5) is 11.7. The van der Waals surface area contributed by atoms with Gasteiger partial charge >= 0.3 is 0 Å². The van der Waals surface area contributed by atoms with Crippen LogP contribution in [0.2, 0.25) is 0 Å². The van der Waals surface area contributed by atoms with Gasteiger partial charge in [0.1, 0.15) is 0 Å². The zero-order chi connectivity index (χ0) is 15.9. The molecule has 0 saturated carbocycles. The number of hydrogen-bond donors (Lipinski definition) is 2. The molecule has 4 heteroatoms. The monoisotopic (exact) mass is 286 g/mol. The van der Waals surface area contributed by atoms with E-state index in [0.29, 0.717) is 17.9 Å². The quantitative estimate of drug-likeness (QED) is 0.789. The third-order valence-corrected chi connectivity index (χ3v) is 2.96. The lowest BCUT2D eigenvalue weighted by Gasteiger charge is -2.25. The minimum absolute atomic E-state index is 0.224. The van der Waals surface area contributed by atoms with E-state index in [2.05, 4.69) is 5.32 Å². The molecular formula is C17H22N2O2. The van der Waals surface area contributed by atoms with E-state index in [9.17, 15) is 9.90 Å². The molecule has 0 fully saturated rings. The summed E-state index contributed by atoms with van der Waals surface area (Å²) in [6, 6.07) is 8.99. The van der Waals surface area contributed by atoms with Gasteiger partial charge in [-0.3, -0.25) is 4.79 Å². The fourth-order valence-electron chi connectivity index (χ4n) is 2.13. The van der Waals surface area contributed by atoms with Crippen LogP contribution in [0.25, 0.3) is 6.08 Å². The minimum Gasteiger partial charge on any atom is -0.388 e. The number of nitrogens with zero attached hydrogens (tertiary/aromatic N) is 1. The van der Waals surface area contributed by atoms with Crippen LogP contribution in [0.15, 0.2) is 30.3 Å². The van der Waals surface area contributed by atoms with Crippen molar-refractivity contribution in [1.82, 2.24) is 5.32 Å². The maximum Gasteiger partial charge on any atom is 0.244 e. The molecular weight excluding hydrogens is 264 g/mol. The van der Waals surface area contributed by atoms with Crippen LogP contribution in [-0.2, 0) is 4.79 Å². The van der Waals surface area contributed by atoms with E-state index in [0.717, 1.165) is 5.56 Å². The number of nitrogens with one attached hydrogen (secondary N) is 1. The molecule has 21 heavy (non-hydrogen) atoms. The third-order valence-electron chi connectivity index (χ3n) is 2.96. The van der Waals surface area contributed by atoms with E-state index >= 15 is 0 Å². The van der Waals surface area contributed by atoms with Crippen LogP contribution in [0.5, 0.6) is 0 Å². The standard InChI is InChI=1S/C17H22N2O2/c1-13(2)10-17(3,21)12-19-16(20)9-8-14-4-6-15(11-18)7-5-14/h4-9,13,21H,10,12H2,1-3H3,(H,19,20). The first kappa shape index (κ1) is 16.9. The smallest absolute Gasteiger partial charge is 0.244 e. The van der Waals surface area contributed by atoms with Crippen molar-refractivity contribution in [2.24, 2.45) is 5.92 Å². The summed E-state index contributed by atoms with van der Waals surface area (Å²) in [5, 5.41) is 21.5. The molecule has 112 valence electrons. The van der Waals surface area contributed by atoms with Crippen molar-refractivity contribution < 1.29 is 9.90 Å². The summed E-state index contributed by atoms with van der Waals surface area (Å²) in [5.41, 5.74) is 0.533. The maximum atomic E-state index is 11.7. The van der Waals surface area contributed by atoms with Crippen LogP contribution in [0.3, 0.4) is 0 Å². The minimum atomic E-state index is -0.897. The Labute approximate surface area is 126 Å². The number of carbonyl (C=O) groups is 1. The van der Waals surface area contributed by atoms with Crippen molar-refractivity contribution in [2.45, 2.75) is 32.8 Å². The first-order valence-electron chi connectivity index (χ1n) is 7.01. The van der Waals surface area contributed by atoms with Crippen LogP contribution >= 0.6 is 0 Å². The van der Waals surface area contributed by atoms with E-state index in [1.807, 2.05) is 19.9 Å². The molecule has 2 N–H and O–H groups in total. The molecule has 1 aromatic carbocycles. The first-order chi connectivity index (χ1) is 9.82. The highest BCUT2D eigenvalue weighted by molar-refractivity contribution is 5.91. The maximum absolute atomic E-state index is 11.7. The van der Waals surface area contributed by atoms with Gasteiger partial charge in [-0.1, -0.05) is 26.0 Å². The summed E-state index contributed by atoms with van der Waals surface area (Å²) in [5.74, 6) is 0.120. The summed E-state index contributed by atoms with van der Waals surface area (Å²) >= 11 is 0. The number of rotatable bonds is 6. The lowest BCUT2D eigenvalue weighted by atomic mass is 9.94. The van der Waals surface area contributed by atoms with Crippen molar-refractivity contribution >= 4 is 12.0 Å². The average Bonchev–Trinajstić information content (AvgIpc) is 2.42. The Hall–Kier alpha value is -2.12. The van der Waals surface area contributed by atoms with E-state index < -0.39 is 5.60 Å². The van der Waals surface area contributed by atoms with Crippen molar-refractivity contribution in [3.8, 4) is 6.07 Å². The molecule has 0 heterocycles. The van der Waals surface area contributed by atoms with Crippen LogP contribution in [0, 0.1) is 17.2 Å². The Kier molecular flexibility index (Phi) is 6.13. The number of carbonyl (C=O) groups excluding carboxylic acids is 1. The van der Waals surface area contributed by atoms with Gasteiger partial charge < -0.3 is 10.4 Å². The lowest BCUT2D eigenvalue weighted by Crippen LogP contribution is -2.40. The topological polar surface area (TPSA) is 73.1 Å². The number of hydrogen-bond acceptors (Lipinski definition) is 3. The number of aliphatic hydroxyl groups is 1. The second kappa shape index (κ2) is 7.61. The van der Waals surface area contributed by atoms with Gasteiger partial charge in [0.15, 0.2) is 0 Å². The predicted molar refractivity (Wildman–Crippen MR) is 83.3 cm³/mol. The molecule has 0 aliphatic carbocycles. The Morgan fingerprint density at radius 1 is 1.43 bits per heavy atom. The largest absolute Gasteiger partial charge is 0.388 e. The number of amides is 1. The lowest BCUT2D eigenvalue weighted by molar-refractivity contribution is -0.117. The Morgan fingerprint density at radius 3 is 2.57 bits per heavy atom. The molecule has 0 radical (unpaired) electrons. The van der Waals surface area contributed by atoms with Gasteiger partial charge in [-0.25, -0.2) is 0 Å². The van der Waals surface area contributed by atoms with Gasteiger partial charge in [0.05, 0.1) is 17.2 Å². The highest BCUT2D eigenvalue weighted by Gasteiger charge is 2.21. The molecule has 0 bridgehead atoms. The molecule has 4 nitrogen and oxygen atoms in total. The molecule has 0 saturated heterocycles. The van der Waals surface area contributed by atoms with E-state index in [4.69, 9.17) is 5.26 Å². The zero-order valence-corrected chi connectivity index (χ0v) is 12.8.